The number of nitrogens with one attached hydrogen (secondary N) is 2. The number of nitrogens with zero attached hydrogens (tertiary/aromatic N) is 4. The smallest absolute Gasteiger partial charge is 0.328 e. The van der Waals surface area contributed by atoms with Gasteiger partial charge in [0.25, 0.3) is 10.0 Å². The molecule has 1 aliphatic rings. The molecule has 2 aromatic heterocycles. The molecule has 3 heterocycles. The number of amides is 2. The maximum absolute atomic E-state index is 13.2. The van der Waals surface area contributed by atoms with Gasteiger partial charge in [0.05, 0.1) is 42.4 Å². The molecule has 14 heteroatoms. The van der Waals surface area contributed by atoms with Crippen LogP contribution in [0.15, 0.2) is 53.5 Å². The lowest BCUT2D eigenvalue weighted by atomic mass is 10.0. The molecule has 12 nitrogen and oxygen atoms in total. The number of ether oxygens (including phenoxy) is 1. The van der Waals surface area contributed by atoms with Crippen LogP contribution in [0.2, 0.25) is 0 Å². The minimum absolute atomic E-state index is 0.00779. The lowest BCUT2D eigenvalue weighted by Gasteiger charge is -2.33. The molecule has 2 amide bonds. The lowest BCUT2D eigenvalue weighted by Crippen LogP contribution is -2.51. The van der Waals surface area contributed by atoms with E-state index in [2.05, 4.69) is 15.4 Å². The fraction of sp³-hybridized carbons (Fsp3) is 0.429. The largest absolute Gasteiger partial charge is 0.467 e. The van der Waals surface area contributed by atoms with E-state index < -0.39 is 22.0 Å². The summed E-state index contributed by atoms with van der Waals surface area (Å²) in [6.45, 7) is 0.848. The number of aromatic nitrogens is 4. The van der Waals surface area contributed by atoms with E-state index in [0.717, 1.165) is 20.7 Å². The van der Waals surface area contributed by atoms with Gasteiger partial charge in [0, 0.05) is 30.9 Å². The fourth-order valence-electron chi connectivity index (χ4n) is 5.34. The Bertz CT molecular complexity index is 1770. The van der Waals surface area contributed by atoms with Crippen LogP contribution in [0.25, 0.3) is 21.9 Å². The molecule has 0 saturated carbocycles. The minimum Gasteiger partial charge on any atom is -0.467 e. The van der Waals surface area contributed by atoms with Crippen molar-refractivity contribution in [3.05, 3.63) is 64.7 Å². The van der Waals surface area contributed by atoms with Crippen molar-refractivity contribution in [3.63, 3.8) is 0 Å². The Morgan fingerprint density at radius 2 is 1.88 bits per heavy atom. The third-order valence-corrected chi connectivity index (χ3v) is 10.4. The van der Waals surface area contributed by atoms with Crippen molar-refractivity contribution in [2.75, 3.05) is 44.2 Å². The van der Waals surface area contributed by atoms with E-state index in [0.29, 0.717) is 42.6 Å². The average Bonchev–Trinajstić information content (AvgIpc) is 3.56. The highest BCUT2D eigenvalue weighted by atomic mass is 32.2. The summed E-state index contributed by atoms with van der Waals surface area (Å²) < 4.78 is 33.4. The van der Waals surface area contributed by atoms with Crippen molar-refractivity contribution in [3.8, 4) is 0 Å². The maximum atomic E-state index is 13.2. The number of benzene rings is 2. The maximum Gasteiger partial charge on any atom is 0.328 e. The van der Waals surface area contributed by atoms with Gasteiger partial charge in [-0.2, -0.15) is 9.19 Å². The summed E-state index contributed by atoms with van der Waals surface area (Å²) in [4.78, 5) is 42.9. The van der Waals surface area contributed by atoms with Crippen LogP contribution in [0.1, 0.15) is 24.4 Å². The van der Waals surface area contributed by atoms with Gasteiger partial charge < -0.3 is 19.9 Å². The zero-order valence-electron chi connectivity index (χ0n) is 23.8. The van der Waals surface area contributed by atoms with E-state index in [-0.39, 0.29) is 40.8 Å². The van der Waals surface area contributed by atoms with Crippen molar-refractivity contribution in [2.24, 2.45) is 0 Å². The molecule has 4 aromatic rings. The molecule has 224 valence electrons. The number of carbonyl (C=O) groups excluding carboxylic acids is 2. The van der Waals surface area contributed by atoms with E-state index in [1.807, 2.05) is 36.8 Å². The number of methoxy groups -OCH3 is 1. The average molecular weight is 616 g/mol. The molecule has 5 rings (SSSR count). The highest BCUT2D eigenvalue weighted by molar-refractivity contribution is 7.97. The number of H-pyrrole nitrogens is 1. The number of urea groups is 1. The van der Waals surface area contributed by atoms with E-state index in [1.54, 1.807) is 27.7 Å². The second kappa shape index (κ2) is 12.2. The molecule has 1 saturated heterocycles. The van der Waals surface area contributed by atoms with Crippen LogP contribution in [0.4, 0.5) is 4.79 Å². The van der Waals surface area contributed by atoms with Crippen molar-refractivity contribution in [1.29, 1.82) is 0 Å². The van der Waals surface area contributed by atoms with Gasteiger partial charge >= 0.3 is 17.7 Å². The Hall–Kier alpha value is -3.78. The van der Waals surface area contributed by atoms with Crippen LogP contribution in [0.3, 0.4) is 0 Å². The van der Waals surface area contributed by atoms with Crippen LogP contribution in [0, 0.1) is 0 Å². The van der Waals surface area contributed by atoms with Crippen LogP contribution in [-0.4, -0.2) is 94.3 Å². The molecular formula is C28H35N6O6S2+. The Kier molecular flexibility index (Phi) is 8.64. The Morgan fingerprint density at radius 1 is 1.14 bits per heavy atom. The SMILES string of the molecule is COC(=O)C(Cc1ccc2c(cnn2S(=O)(=O)CC[S+](C)C)c1)NC(=O)N1CCC(n2c(=O)[nH]c3ccccc32)CC1. The van der Waals surface area contributed by atoms with Gasteiger partial charge in [-0.25, -0.2) is 22.8 Å². The Labute approximate surface area is 246 Å². The fourth-order valence-corrected chi connectivity index (χ4v) is 8.35. The van der Waals surface area contributed by atoms with E-state index in [4.69, 9.17) is 4.74 Å². The second-order valence-electron chi connectivity index (χ2n) is 10.7. The number of fused-ring (bicyclic) bond motifs is 2. The summed E-state index contributed by atoms with van der Waals surface area (Å²) in [5.74, 6) is -0.0218. The summed E-state index contributed by atoms with van der Waals surface area (Å²) in [6, 6.07) is 11.3. The summed E-state index contributed by atoms with van der Waals surface area (Å²) in [7, 11) is -2.34. The zero-order chi connectivity index (χ0) is 30.0. The van der Waals surface area contributed by atoms with Crippen molar-refractivity contribution in [1.82, 2.24) is 29.0 Å². The Morgan fingerprint density at radius 3 is 2.60 bits per heavy atom. The van der Waals surface area contributed by atoms with Gasteiger partial charge in [0.15, 0.2) is 0 Å². The van der Waals surface area contributed by atoms with Gasteiger partial charge in [0.2, 0.25) is 0 Å². The number of carbonyl (C=O) groups is 2. The topological polar surface area (TPSA) is 148 Å². The van der Waals surface area contributed by atoms with Crippen LogP contribution in [0.5, 0.6) is 0 Å². The molecular weight excluding hydrogens is 580 g/mol. The van der Waals surface area contributed by atoms with Crippen molar-refractivity contribution < 1.29 is 22.7 Å². The number of likely N-dealkylation sites (tertiary alicyclic amines) is 1. The highest BCUT2D eigenvalue weighted by Crippen LogP contribution is 2.25. The van der Waals surface area contributed by atoms with E-state index >= 15 is 0 Å². The van der Waals surface area contributed by atoms with Gasteiger partial charge in [-0.05, 0) is 53.6 Å². The molecule has 42 heavy (non-hydrogen) atoms. The second-order valence-corrected chi connectivity index (χ2v) is 14.9. The predicted molar refractivity (Wildman–Crippen MR) is 163 cm³/mol. The van der Waals surface area contributed by atoms with Crippen molar-refractivity contribution in [2.45, 2.75) is 31.3 Å². The van der Waals surface area contributed by atoms with Crippen LogP contribution < -0.4 is 11.0 Å². The lowest BCUT2D eigenvalue weighted by molar-refractivity contribution is -0.142. The quantitative estimate of drug-likeness (QED) is 0.216. The summed E-state index contributed by atoms with van der Waals surface area (Å²) in [5.41, 5.74) is 2.63. The predicted octanol–water partition coefficient (Wildman–Crippen LogP) is 1.87. The molecule has 1 fully saturated rings. The standard InChI is InChI=1S/C28H34N6O6S2/c1-40-26(35)23(17-19-8-9-24-20(16-19)18-29-34(24)42(38,39)15-14-41(2)3)31-27(36)32-12-10-21(11-13-32)33-25-7-5-4-6-22(25)30-28(33)37/h4-9,16,18,21,23H,10-15,17H2,1-3H3,(H-,30,31,36,37)/p+1. The monoisotopic (exact) mass is 615 g/mol. The number of rotatable bonds is 9. The number of esters is 1. The van der Waals surface area contributed by atoms with Crippen molar-refractivity contribution >= 4 is 54.9 Å². The molecule has 0 spiro atoms. The third-order valence-electron chi connectivity index (χ3n) is 7.58. The number of hydrogen-bond acceptors (Lipinski definition) is 7. The van der Waals surface area contributed by atoms with Crippen LogP contribution >= 0.6 is 0 Å². The molecule has 0 aliphatic carbocycles. The molecule has 0 bridgehead atoms. The normalized spacial score (nSPS) is 15.4. The van der Waals surface area contributed by atoms with E-state index in [9.17, 15) is 22.8 Å². The Balaban J connectivity index is 1.25. The molecule has 2 aromatic carbocycles. The molecule has 1 atom stereocenters. The number of piperidine rings is 1. The van der Waals surface area contributed by atoms with Gasteiger partial charge in [0.1, 0.15) is 17.5 Å². The number of para-hydroxylation sites is 2. The minimum atomic E-state index is -3.60. The molecule has 1 aliphatic heterocycles. The first-order chi connectivity index (χ1) is 20.1. The first-order valence-corrected chi connectivity index (χ1v) is 17.5. The number of imidazole rings is 1. The summed E-state index contributed by atoms with van der Waals surface area (Å²) >= 11 is 0. The number of aromatic amines is 1. The summed E-state index contributed by atoms with van der Waals surface area (Å²) in [5, 5.41) is 7.53. The first kappa shape index (κ1) is 29.7. The molecule has 2 N–H and O–H groups in total. The summed E-state index contributed by atoms with van der Waals surface area (Å²) in [6.07, 6.45) is 6.83. The van der Waals surface area contributed by atoms with Crippen LogP contribution in [-0.2, 0) is 36.9 Å². The van der Waals surface area contributed by atoms with Gasteiger partial charge in [-0.1, -0.05) is 18.2 Å². The highest BCUT2D eigenvalue weighted by Gasteiger charge is 2.30. The first-order valence-electron chi connectivity index (χ1n) is 13.6. The molecule has 0 radical (unpaired) electrons. The van der Waals surface area contributed by atoms with Gasteiger partial charge in [-0.15, -0.1) is 0 Å². The third kappa shape index (κ3) is 6.19. The number of hydrogen-bond donors (Lipinski definition) is 2. The van der Waals surface area contributed by atoms with Gasteiger partial charge in [-0.3, -0.25) is 4.57 Å². The van der Waals surface area contributed by atoms with E-state index in [1.165, 1.54) is 13.3 Å². The zero-order valence-corrected chi connectivity index (χ0v) is 25.4. The molecule has 1 unspecified atom stereocenters.